The molecule has 2 aromatic carbocycles. The molecule has 1 amide bonds. The highest BCUT2D eigenvalue weighted by Gasteiger charge is 2.20. The minimum Gasteiger partial charge on any atom is -0.497 e. The SMILES string of the molecule is COc1cccc(NC(=O)COC(=O)c2cc([N+](=O)[O-])ccc2N(C)C)c1. The molecule has 0 fully saturated rings. The van der Waals surface area contributed by atoms with Gasteiger partial charge in [0, 0.05) is 38.0 Å². The molecule has 0 heterocycles. The van der Waals surface area contributed by atoms with E-state index in [9.17, 15) is 19.7 Å². The van der Waals surface area contributed by atoms with Gasteiger partial charge in [-0.3, -0.25) is 14.9 Å². The highest BCUT2D eigenvalue weighted by Crippen LogP contribution is 2.25. The number of methoxy groups -OCH3 is 1. The van der Waals surface area contributed by atoms with E-state index >= 15 is 0 Å². The van der Waals surface area contributed by atoms with Gasteiger partial charge >= 0.3 is 5.97 Å². The smallest absolute Gasteiger partial charge is 0.341 e. The van der Waals surface area contributed by atoms with Crippen LogP contribution >= 0.6 is 0 Å². The number of nitro groups is 1. The van der Waals surface area contributed by atoms with Gasteiger partial charge in [-0.15, -0.1) is 0 Å². The molecule has 27 heavy (non-hydrogen) atoms. The van der Waals surface area contributed by atoms with Gasteiger partial charge in [0.05, 0.1) is 23.3 Å². The van der Waals surface area contributed by atoms with Crippen LogP contribution in [0.5, 0.6) is 5.75 Å². The molecular weight excluding hydrogens is 354 g/mol. The molecule has 9 nitrogen and oxygen atoms in total. The second-order valence-electron chi connectivity index (χ2n) is 5.71. The van der Waals surface area contributed by atoms with Crippen molar-refractivity contribution in [3.63, 3.8) is 0 Å². The predicted molar refractivity (Wildman–Crippen MR) is 99.3 cm³/mol. The first-order chi connectivity index (χ1) is 12.8. The summed E-state index contributed by atoms with van der Waals surface area (Å²) in [7, 11) is 4.88. The molecule has 0 aliphatic rings. The zero-order chi connectivity index (χ0) is 20.0. The average Bonchev–Trinajstić information content (AvgIpc) is 2.65. The van der Waals surface area contributed by atoms with Gasteiger partial charge in [-0.25, -0.2) is 4.79 Å². The van der Waals surface area contributed by atoms with Crippen molar-refractivity contribution in [3.05, 3.63) is 58.1 Å². The number of nitrogens with one attached hydrogen (secondary N) is 1. The normalized spacial score (nSPS) is 10.0. The lowest BCUT2D eigenvalue weighted by molar-refractivity contribution is -0.384. The fraction of sp³-hybridized carbons (Fsp3) is 0.222. The summed E-state index contributed by atoms with van der Waals surface area (Å²) in [5.41, 5.74) is 0.690. The Kier molecular flexibility index (Phi) is 6.32. The van der Waals surface area contributed by atoms with E-state index in [1.165, 1.54) is 19.2 Å². The number of nitro benzene ring substituents is 1. The van der Waals surface area contributed by atoms with Crippen molar-refractivity contribution >= 4 is 28.9 Å². The van der Waals surface area contributed by atoms with E-state index in [4.69, 9.17) is 9.47 Å². The molecule has 0 saturated heterocycles. The third-order valence-corrected chi connectivity index (χ3v) is 3.58. The molecule has 2 rings (SSSR count). The monoisotopic (exact) mass is 373 g/mol. The van der Waals surface area contributed by atoms with Crippen LogP contribution in [-0.2, 0) is 9.53 Å². The largest absolute Gasteiger partial charge is 0.497 e. The number of carbonyl (C=O) groups is 2. The first-order valence-electron chi connectivity index (χ1n) is 7.88. The van der Waals surface area contributed by atoms with Gasteiger partial charge in [0.1, 0.15) is 5.75 Å². The second-order valence-corrected chi connectivity index (χ2v) is 5.71. The Morgan fingerprint density at radius 3 is 2.56 bits per heavy atom. The van der Waals surface area contributed by atoms with Crippen LogP contribution in [0.15, 0.2) is 42.5 Å². The summed E-state index contributed by atoms with van der Waals surface area (Å²) >= 11 is 0. The molecule has 0 spiro atoms. The van der Waals surface area contributed by atoms with Gasteiger partial charge < -0.3 is 19.7 Å². The van der Waals surface area contributed by atoms with Crippen molar-refractivity contribution in [1.82, 2.24) is 0 Å². The van der Waals surface area contributed by atoms with Gasteiger partial charge in [-0.2, -0.15) is 0 Å². The fourth-order valence-electron chi connectivity index (χ4n) is 2.30. The van der Waals surface area contributed by atoms with Gasteiger partial charge in [0.2, 0.25) is 0 Å². The van der Waals surface area contributed by atoms with Crippen LogP contribution < -0.4 is 15.0 Å². The second kappa shape index (κ2) is 8.65. The molecule has 0 saturated carbocycles. The summed E-state index contributed by atoms with van der Waals surface area (Å²) in [5, 5.41) is 13.5. The highest BCUT2D eigenvalue weighted by molar-refractivity contribution is 5.99. The number of non-ortho nitro benzene ring substituents is 1. The van der Waals surface area contributed by atoms with Crippen LogP contribution in [-0.4, -0.2) is 44.6 Å². The van der Waals surface area contributed by atoms with Gasteiger partial charge in [0.15, 0.2) is 6.61 Å². The number of hydrogen-bond acceptors (Lipinski definition) is 7. The molecule has 0 unspecified atom stereocenters. The Hall–Kier alpha value is -3.62. The molecule has 9 heteroatoms. The fourth-order valence-corrected chi connectivity index (χ4v) is 2.30. The Morgan fingerprint density at radius 2 is 1.93 bits per heavy atom. The van der Waals surface area contributed by atoms with Crippen LogP contribution in [0, 0.1) is 10.1 Å². The lowest BCUT2D eigenvalue weighted by Crippen LogP contribution is -2.22. The lowest BCUT2D eigenvalue weighted by Gasteiger charge is -2.16. The Labute approximate surface area is 155 Å². The standard InChI is InChI=1S/C18H19N3O6/c1-20(2)16-8-7-13(21(24)25)10-15(16)18(23)27-11-17(22)19-12-5-4-6-14(9-12)26-3/h4-10H,11H2,1-3H3,(H,19,22). The first-order valence-corrected chi connectivity index (χ1v) is 7.88. The zero-order valence-electron chi connectivity index (χ0n) is 15.1. The number of hydrogen-bond donors (Lipinski definition) is 1. The third kappa shape index (κ3) is 5.18. The van der Waals surface area contributed by atoms with Crippen molar-refractivity contribution < 1.29 is 24.0 Å². The summed E-state index contributed by atoms with van der Waals surface area (Å²) in [6, 6.07) is 10.6. The van der Waals surface area contributed by atoms with E-state index < -0.39 is 23.4 Å². The third-order valence-electron chi connectivity index (χ3n) is 3.58. The molecular formula is C18H19N3O6. The maximum absolute atomic E-state index is 12.3. The van der Waals surface area contributed by atoms with E-state index in [0.717, 1.165) is 6.07 Å². The van der Waals surface area contributed by atoms with Gasteiger partial charge in [-0.1, -0.05) is 6.07 Å². The van der Waals surface area contributed by atoms with Crippen LogP contribution in [0.4, 0.5) is 17.1 Å². The minimum absolute atomic E-state index is 0.00313. The van der Waals surface area contributed by atoms with E-state index in [1.54, 1.807) is 43.3 Å². The van der Waals surface area contributed by atoms with E-state index in [-0.39, 0.29) is 11.3 Å². The van der Waals surface area contributed by atoms with E-state index in [2.05, 4.69) is 5.32 Å². The van der Waals surface area contributed by atoms with E-state index in [0.29, 0.717) is 17.1 Å². The number of benzene rings is 2. The van der Waals surface area contributed by atoms with Crippen molar-refractivity contribution in [3.8, 4) is 5.75 Å². The Balaban J connectivity index is 2.07. The molecule has 0 bridgehead atoms. The number of amides is 1. The summed E-state index contributed by atoms with van der Waals surface area (Å²) in [6.45, 7) is -0.536. The summed E-state index contributed by atoms with van der Waals surface area (Å²) < 4.78 is 10.1. The molecule has 0 atom stereocenters. The zero-order valence-corrected chi connectivity index (χ0v) is 15.1. The maximum Gasteiger partial charge on any atom is 0.341 e. The summed E-state index contributed by atoms with van der Waals surface area (Å²) in [5.74, 6) is -0.811. The summed E-state index contributed by atoms with van der Waals surface area (Å²) in [4.78, 5) is 36.3. The molecule has 0 aromatic heterocycles. The van der Waals surface area contributed by atoms with E-state index in [1.807, 2.05) is 0 Å². The predicted octanol–water partition coefficient (Wildman–Crippen LogP) is 2.46. The molecule has 0 radical (unpaired) electrons. The number of esters is 1. The highest BCUT2D eigenvalue weighted by atomic mass is 16.6. The topological polar surface area (TPSA) is 111 Å². The van der Waals surface area contributed by atoms with Crippen molar-refractivity contribution in [2.75, 3.05) is 38.0 Å². The maximum atomic E-state index is 12.3. The van der Waals surface area contributed by atoms with Gasteiger partial charge in [0.25, 0.3) is 11.6 Å². The number of carbonyl (C=O) groups excluding carboxylic acids is 2. The number of rotatable bonds is 7. The average molecular weight is 373 g/mol. The Bertz CT molecular complexity index is 866. The molecule has 0 aliphatic heterocycles. The number of anilines is 2. The Morgan fingerprint density at radius 1 is 1.19 bits per heavy atom. The van der Waals surface area contributed by atoms with Crippen molar-refractivity contribution in [2.24, 2.45) is 0 Å². The molecule has 2 aromatic rings. The van der Waals surface area contributed by atoms with Crippen LogP contribution in [0.1, 0.15) is 10.4 Å². The molecule has 0 aliphatic carbocycles. The first kappa shape index (κ1) is 19.7. The number of nitrogens with zero attached hydrogens (tertiary/aromatic N) is 2. The van der Waals surface area contributed by atoms with Crippen molar-refractivity contribution in [2.45, 2.75) is 0 Å². The quantitative estimate of drug-likeness (QED) is 0.451. The van der Waals surface area contributed by atoms with Crippen molar-refractivity contribution in [1.29, 1.82) is 0 Å². The van der Waals surface area contributed by atoms with Gasteiger partial charge in [-0.05, 0) is 18.2 Å². The molecule has 142 valence electrons. The summed E-state index contributed by atoms with van der Waals surface area (Å²) in [6.07, 6.45) is 0. The van der Waals surface area contributed by atoms with Crippen LogP contribution in [0.3, 0.4) is 0 Å². The molecule has 1 N–H and O–H groups in total. The van der Waals surface area contributed by atoms with Crippen LogP contribution in [0.2, 0.25) is 0 Å². The lowest BCUT2D eigenvalue weighted by atomic mass is 10.1. The number of ether oxygens (including phenoxy) is 2. The van der Waals surface area contributed by atoms with Crippen LogP contribution in [0.25, 0.3) is 0 Å². The minimum atomic E-state index is -0.830.